The lowest BCUT2D eigenvalue weighted by Gasteiger charge is -2.23. The number of aromatic nitrogens is 2. The van der Waals surface area contributed by atoms with E-state index >= 15 is 0 Å². The molecule has 0 unspecified atom stereocenters. The maximum absolute atomic E-state index is 13.7. The lowest BCUT2D eigenvalue weighted by atomic mass is 10.1. The third-order valence-corrected chi connectivity index (χ3v) is 4.04. The lowest BCUT2D eigenvalue weighted by molar-refractivity contribution is 0.0494. The quantitative estimate of drug-likeness (QED) is 0.655. The molecule has 1 amide bonds. The fourth-order valence-electron chi connectivity index (χ4n) is 2.83. The Morgan fingerprint density at radius 1 is 1.16 bits per heavy atom. The molecule has 0 spiro atoms. The SMILES string of the molecule is COc1ccc2c(=O)oc([C@@H](Cc3cc(F)cc(F)c3)NC(=O)OC(C)(C)C)nc2n1. The van der Waals surface area contributed by atoms with Crippen LogP contribution >= 0.6 is 0 Å². The van der Waals surface area contributed by atoms with Crippen molar-refractivity contribution in [3.8, 4) is 5.88 Å². The van der Waals surface area contributed by atoms with Gasteiger partial charge in [0.05, 0.1) is 7.11 Å². The first-order valence-corrected chi connectivity index (χ1v) is 9.34. The summed E-state index contributed by atoms with van der Waals surface area (Å²) in [5.74, 6) is -1.55. The molecule has 0 saturated heterocycles. The molecule has 164 valence electrons. The van der Waals surface area contributed by atoms with E-state index in [1.165, 1.54) is 19.2 Å². The van der Waals surface area contributed by atoms with Crippen molar-refractivity contribution in [2.24, 2.45) is 0 Å². The third kappa shape index (κ3) is 5.74. The molecule has 10 heteroatoms. The van der Waals surface area contributed by atoms with Crippen LogP contribution < -0.4 is 15.7 Å². The Hall–Kier alpha value is -3.56. The van der Waals surface area contributed by atoms with E-state index in [2.05, 4.69) is 15.3 Å². The molecule has 1 atom stereocenters. The van der Waals surface area contributed by atoms with Gasteiger partial charge in [0.2, 0.25) is 11.8 Å². The fraction of sp³-hybridized carbons (Fsp3) is 0.333. The minimum Gasteiger partial charge on any atom is -0.481 e. The molecule has 31 heavy (non-hydrogen) atoms. The van der Waals surface area contributed by atoms with Crippen molar-refractivity contribution in [3.63, 3.8) is 0 Å². The number of carbonyl (C=O) groups excluding carboxylic acids is 1. The Bertz CT molecular complexity index is 1150. The molecule has 1 N–H and O–H groups in total. The van der Waals surface area contributed by atoms with E-state index in [-0.39, 0.29) is 34.8 Å². The normalized spacial score (nSPS) is 12.5. The van der Waals surface area contributed by atoms with Gasteiger partial charge in [0.15, 0.2) is 5.65 Å². The maximum atomic E-state index is 13.7. The molecular formula is C21H21F2N3O5. The van der Waals surface area contributed by atoms with Crippen molar-refractivity contribution in [2.45, 2.75) is 38.8 Å². The number of hydrogen-bond acceptors (Lipinski definition) is 7. The fourth-order valence-corrected chi connectivity index (χ4v) is 2.83. The summed E-state index contributed by atoms with van der Waals surface area (Å²) in [6.45, 7) is 5.02. The molecule has 2 heterocycles. The number of benzene rings is 1. The van der Waals surface area contributed by atoms with E-state index in [0.29, 0.717) is 0 Å². The first-order chi connectivity index (χ1) is 14.5. The van der Waals surface area contributed by atoms with Gasteiger partial charge < -0.3 is 19.2 Å². The Morgan fingerprint density at radius 3 is 2.45 bits per heavy atom. The largest absolute Gasteiger partial charge is 0.481 e. The van der Waals surface area contributed by atoms with Crippen LogP contribution in [0.4, 0.5) is 13.6 Å². The zero-order valence-electron chi connectivity index (χ0n) is 17.4. The monoisotopic (exact) mass is 433 g/mol. The molecule has 0 radical (unpaired) electrons. The highest BCUT2D eigenvalue weighted by Gasteiger charge is 2.25. The maximum Gasteiger partial charge on any atom is 0.408 e. The number of ether oxygens (including phenoxy) is 2. The van der Waals surface area contributed by atoms with Gasteiger partial charge in [-0.15, -0.1) is 0 Å². The van der Waals surface area contributed by atoms with E-state index in [4.69, 9.17) is 13.9 Å². The van der Waals surface area contributed by atoms with Crippen LogP contribution in [-0.4, -0.2) is 28.8 Å². The van der Waals surface area contributed by atoms with Crippen LogP contribution in [0, 0.1) is 11.6 Å². The first kappa shape index (κ1) is 22.1. The molecule has 0 aliphatic carbocycles. The van der Waals surface area contributed by atoms with Crippen LogP contribution in [0.25, 0.3) is 11.0 Å². The van der Waals surface area contributed by atoms with Gasteiger partial charge in [-0.1, -0.05) is 0 Å². The second kappa shape index (κ2) is 8.66. The third-order valence-electron chi connectivity index (χ3n) is 4.04. The van der Waals surface area contributed by atoms with Crippen molar-refractivity contribution in [2.75, 3.05) is 7.11 Å². The minimum absolute atomic E-state index is 0.0343. The highest BCUT2D eigenvalue weighted by Crippen LogP contribution is 2.21. The van der Waals surface area contributed by atoms with E-state index in [9.17, 15) is 18.4 Å². The molecule has 1 aromatic carbocycles. The van der Waals surface area contributed by atoms with Crippen molar-refractivity contribution in [1.29, 1.82) is 0 Å². The first-order valence-electron chi connectivity index (χ1n) is 9.34. The van der Waals surface area contributed by atoms with Gasteiger partial charge in [0, 0.05) is 18.6 Å². The summed E-state index contributed by atoms with van der Waals surface area (Å²) in [7, 11) is 1.41. The van der Waals surface area contributed by atoms with Crippen molar-refractivity contribution in [3.05, 3.63) is 63.8 Å². The standard InChI is InChI=1S/C21H21F2N3O5/c1-21(2,3)31-20(28)24-15(9-11-7-12(22)10-13(23)8-11)18-26-17-14(19(27)30-18)5-6-16(25-17)29-4/h5-8,10,15H,9H2,1-4H3,(H,24,28)/t15-/m1/s1. The number of alkyl carbamates (subject to hydrolysis) is 1. The van der Waals surface area contributed by atoms with Crippen LogP contribution in [0.2, 0.25) is 0 Å². The number of carbonyl (C=O) groups is 1. The number of nitrogens with zero attached hydrogens (tertiary/aromatic N) is 2. The Labute approximate surface area is 176 Å². The van der Waals surface area contributed by atoms with E-state index in [0.717, 1.165) is 18.2 Å². The lowest BCUT2D eigenvalue weighted by Crippen LogP contribution is -2.36. The second-order valence-electron chi connectivity index (χ2n) is 7.74. The Morgan fingerprint density at radius 2 is 1.84 bits per heavy atom. The number of amides is 1. The molecule has 8 nitrogen and oxygen atoms in total. The summed E-state index contributed by atoms with van der Waals surface area (Å²) in [5, 5.41) is 2.65. The van der Waals surface area contributed by atoms with Crippen molar-refractivity contribution in [1.82, 2.24) is 15.3 Å². The number of pyridine rings is 1. The Kier molecular flexibility index (Phi) is 6.19. The number of rotatable bonds is 5. The van der Waals surface area contributed by atoms with Gasteiger partial charge in [-0.05, 0) is 44.5 Å². The smallest absolute Gasteiger partial charge is 0.408 e. The average Bonchev–Trinajstić information content (AvgIpc) is 2.64. The summed E-state index contributed by atoms with van der Waals surface area (Å²) < 4.78 is 42.9. The molecule has 0 fully saturated rings. The molecule has 0 aliphatic rings. The summed E-state index contributed by atoms with van der Waals surface area (Å²) in [4.78, 5) is 33.1. The van der Waals surface area contributed by atoms with E-state index < -0.39 is 35.0 Å². The van der Waals surface area contributed by atoms with E-state index in [1.807, 2.05) is 0 Å². The highest BCUT2D eigenvalue weighted by atomic mass is 19.1. The van der Waals surface area contributed by atoms with Crippen molar-refractivity contribution < 1.29 is 27.5 Å². The average molecular weight is 433 g/mol. The number of nitrogens with one attached hydrogen (secondary N) is 1. The van der Waals surface area contributed by atoms with Crippen LogP contribution in [-0.2, 0) is 11.2 Å². The van der Waals surface area contributed by atoms with E-state index in [1.54, 1.807) is 20.8 Å². The number of hydrogen-bond donors (Lipinski definition) is 1. The molecular weight excluding hydrogens is 412 g/mol. The van der Waals surface area contributed by atoms with Crippen molar-refractivity contribution >= 4 is 17.1 Å². The van der Waals surface area contributed by atoms with Gasteiger partial charge in [-0.25, -0.2) is 18.4 Å². The number of methoxy groups -OCH3 is 1. The molecule has 0 saturated carbocycles. The minimum atomic E-state index is -1.07. The topological polar surface area (TPSA) is 104 Å². The van der Waals surface area contributed by atoms with Gasteiger partial charge in [-0.2, -0.15) is 9.97 Å². The van der Waals surface area contributed by atoms with Crippen LogP contribution in [0.1, 0.15) is 38.3 Å². The predicted octanol–water partition coefficient (Wildman–Crippen LogP) is 3.68. The summed E-state index contributed by atoms with van der Waals surface area (Å²) in [6, 6.07) is 4.79. The number of fused-ring (bicyclic) bond motifs is 1. The second-order valence-corrected chi connectivity index (χ2v) is 7.74. The van der Waals surface area contributed by atoms with Gasteiger partial charge >= 0.3 is 11.7 Å². The Balaban J connectivity index is 2.03. The van der Waals surface area contributed by atoms with Crippen LogP contribution in [0.3, 0.4) is 0 Å². The zero-order valence-corrected chi connectivity index (χ0v) is 17.4. The van der Waals surface area contributed by atoms with Crippen LogP contribution in [0.5, 0.6) is 5.88 Å². The molecule has 0 aliphatic heterocycles. The predicted molar refractivity (Wildman–Crippen MR) is 107 cm³/mol. The summed E-state index contributed by atoms with van der Waals surface area (Å²) in [6.07, 6.45) is -0.947. The van der Waals surface area contributed by atoms with Gasteiger partial charge in [0.25, 0.3) is 0 Å². The van der Waals surface area contributed by atoms with Gasteiger partial charge in [-0.3, -0.25) is 0 Å². The summed E-state index contributed by atoms with van der Waals surface area (Å²) in [5.41, 5.74) is -1.29. The zero-order chi connectivity index (χ0) is 22.8. The van der Waals surface area contributed by atoms with Gasteiger partial charge in [0.1, 0.15) is 28.7 Å². The molecule has 3 rings (SSSR count). The number of halogens is 2. The highest BCUT2D eigenvalue weighted by molar-refractivity contribution is 5.73. The molecule has 2 aromatic heterocycles. The van der Waals surface area contributed by atoms with Crippen LogP contribution in [0.15, 0.2) is 39.5 Å². The summed E-state index contributed by atoms with van der Waals surface area (Å²) >= 11 is 0. The molecule has 0 bridgehead atoms. The molecule has 3 aromatic rings.